The molecule has 0 saturated carbocycles. The molecular weight excluding hydrogens is 174 g/mol. The number of amidine groups is 1. The lowest BCUT2D eigenvalue weighted by molar-refractivity contribution is 0.495. The summed E-state index contributed by atoms with van der Waals surface area (Å²) in [6, 6.07) is 4.03. The highest BCUT2D eigenvalue weighted by Crippen LogP contribution is 1.99. The van der Waals surface area contributed by atoms with Crippen LogP contribution in [-0.4, -0.2) is 29.3 Å². The predicted molar refractivity (Wildman–Crippen MR) is 58.6 cm³/mol. The minimum atomic E-state index is 0.694. The molecule has 76 valence electrons. The molecule has 3 heteroatoms. The smallest absolute Gasteiger partial charge is 0.0952 e. The first kappa shape index (κ1) is 10.7. The Hall–Kier alpha value is -1.38. The Bertz CT molecular complexity index is 282. The Kier molecular flexibility index (Phi) is 4.11. The van der Waals surface area contributed by atoms with E-state index in [4.69, 9.17) is 5.41 Å². The van der Waals surface area contributed by atoms with Crippen LogP contribution in [-0.2, 0) is 6.42 Å². The Labute approximate surface area is 85.3 Å². The van der Waals surface area contributed by atoms with Crippen LogP contribution in [0.3, 0.4) is 0 Å². The highest BCUT2D eigenvalue weighted by atomic mass is 15.1. The maximum absolute atomic E-state index is 7.62. The van der Waals surface area contributed by atoms with Crippen LogP contribution in [0.15, 0.2) is 24.5 Å². The molecule has 0 unspecified atom stereocenters. The second kappa shape index (κ2) is 5.37. The third-order valence-electron chi connectivity index (χ3n) is 2.28. The minimum Gasteiger partial charge on any atom is -0.363 e. The second-order valence-electron chi connectivity index (χ2n) is 3.33. The summed E-state index contributed by atoms with van der Waals surface area (Å²) < 4.78 is 0. The maximum Gasteiger partial charge on any atom is 0.0952 e. The van der Waals surface area contributed by atoms with Gasteiger partial charge in [-0.1, -0.05) is 6.92 Å². The molecule has 0 aliphatic heterocycles. The standard InChI is InChI=1S/C11H17N3/c1-3-11(12)14(2)9-6-10-4-7-13-8-5-10/h4-5,7-8,12H,3,6,9H2,1-2H3. The lowest BCUT2D eigenvalue weighted by atomic mass is 10.2. The zero-order chi connectivity index (χ0) is 10.4. The SMILES string of the molecule is CCC(=N)N(C)CCc1ccncc1. The molecule has 0 aliphatic carbocycles. The van der Waals surface area contributed by atoms with Crippen molar-refractivity contribution in [2.45, 2.75) is 19.8 Å². The van der Waals surface area contributed by atoms with Gasteiger partial charge in [0.25, 0.3) is 0 Å². The molecule has 0 atom stereocenters. The molecule has 1 rings (SSSR count). The van der Waals surface area contributed by atoms with Gasteiger partial charge in [-0.05, 0) is 24.1 Å². The van der Waals surface area contributed by atoms with Crippen LogP contribution in [0.25, 0.3) is 0 Å². The molecule has 3 nitrogen and oxygen atoms in total. The van der Waals surface area contributed by atoms with E-state index < -0.39 is 0 Å². The average Bonchev–Trinajstić information content (AvgIpc) is 2.26. The molecule has 1 N–H and O–H groups in total. The Morgan fingerprint density at radius 3 is 2.64 bits per heavy atom. The van der Waals surface area contributed by atoms with Crippen LogP contribution < -0.4 is 0 Å². The van der Waals surface area contributed by atoms with Crippen molar-refractivity contribution < 1.29 is 0 Å². The Morgan fingerprint density at radius 2 is 2.07 bits per heavy atom. The predicted octanol–water partition coefficient (Wildman–Crippen LogP) is 1.94. The van der Waals surface area contributed by atoms with Crippen molar-refractivity contribution in [1.82, 2.24) is 9.88 Å². The van der Waals surface area contributed by atoms with Crippen LogP contribution in [0.1, 0.15) is 18.9 Å². The van der Waals surface area contributed by atoms with E-state index in [0.29, 0.717) is 5.84 Å². The molecule has 0 radical (unpaired) electrons. The van der Waals surface area contributed by atoms with E-state index in [0.717, 1.165) is 19.4 Å². The van der Waals surface area contributed by atoms with Gasteiger partial charge in [0, 0.05) is 32.4 Å². The highest BCUT2D eigenvalue weighted by molar-refractivity contribution is 5.78. The summed E-state index contributed by atoms with van der Waals surface area (Å²) in [6.45, 7) is 2.90. The number of likely N-dealkylation sites (N-methyl/N-ethyl adjacent to an activating group) is 1. The Balaban J connectivity index is 2.38. The number of nitrogens with one attached hydrogen (secondary N) is 1. The molecule has 0 aliphatic rings. The van der Waals surface area contributed by atoms with E-state index in [9.17, 15) is 0 Å². The Morgan fingerprint density at radius 1 is 1.43 bits per heavy atom. The molecule has 0 spiro atoms. The van der Waals surface area contributed by atoms with E-state index in [1.807, 2.05) is 31.0 Å². The van der Waals surface area contributed by atoms with E-state index in [1.54, 1.807) is 12.4 Å². The molecule has 1 aromatic heterocycles. The largest absolute Gasteiger partial charge is 0.363 e. The number of rotatable bonds is 4. The molecule has 1 aromatic rings. The van der Waals surface area contributed by atoms with Crippen molar-refractivity contribution in [3.8, 4) is 0 Å². The quantitative estimate of drug-likeness (QED) is 0.583. The van der Waals surface area contributed by atoms with Crippen molar-refractivity contribution >= 4 is 5.84 Å². The van der Waals surface area contributed by atoms with Crippen molar-refractivity contribution in [3.63, 3.8) is 0 Å². The van der Waals surface area contributed by atoms with Crippen molar-refractivity contribution in [1.29, 1.82) is 5.41 Å². The normalized spacial score (nSPS) is 9.86. The summed E-state index contributed by atoms with van der Waals surface area (Å²) in [5.41, 5.74) is 1.27. The van der Waals surface area contributed by atoms with Gasteiger partial charge >= 0.3 is 0 Å². The molecule has 0 bridgehead atoms. The zero-order valence-corrected chi connectivity index (χ0v) is 8.83. The summed E-state index contributed by atoms with van der Waals surface area (Å²) in [5, 5.41) is 7.62. The van der Waals surface area contributed by atoms with Gasteiger partial charge in [-0.15, -0.1) is 0 Å². The van der Waals surface area contributed by atoms with Crippen LogP contribution >= 0.6 is 0 Å². The summed E-state index contributed by atoms with van der Waals surface area (Å²) in [4.78, 5) is 5.95. The lowest BCUT2D eigenvalue weighted by Crippen LogP contribution is -2.27. The first-order valence-electron chi connectivity index (χ1n) is 4.91. The third-order valence-corrected chi connectivity index (χ3v) is 2.28. The summed E-state index contributed by atoms with van der Waals surface area (Å²) >= 11 is 0. The van der Waals surface area contributed by atoms with Crippen molar-refractivity contribution in [3.05, 3.63) is 30.1 Å². The van der Waals surface area contributed by atoms with E-state index >= 15 is 0 Å². The summed E-state index contributed by atoms with van der Waals surface area (Å²) in [6.07, 6.45) is 5.38. The average molecular weight is 191 g/mol. The van der Waals surface area contributed by atoms with Crippen molar-refractivity contribution in [2.24, 2.45) is 0 Å². The fraction of sp³-hybridized carbons (Fsp3) is 0.455. The fourth-order valence-electron chi connectivity index (χ4n) is 1.25. The van der Waals surface area contributed by atoms with Gasteiger partial charge < -0.3 is 4.90 Å². The lowest BCUT2D eigenvalue weighted by Gasteiger charge is -2.18. The van der Waals surface area contributed by atoms with Gasteiger partial charge in [-0.3, -0.25) is 10.4 Å². The molecular formula is C11H17N3. The van der Waals surface area contributed by atoms with Crippen LogP contribution in [0.4, 0.5) is 0 Å². The molecule has 0 aromatic carbocycles. The van der Waals surface area contributed by atoms with Gasteiger partial charge in [0.05, 0.1) is 5.84 Å². The first-order chi connectivity index (χ1) is 6.74. The summed E-state index contributed by atoms with van der Waals surface area (Å²) in [7, 11) is 1.97. The highest BCUT2D eigenvalue weighted by Gasteiger charge is 2.01. The van der Waals surface area contributed by atoms with E-state index in [1.165, 1.54) is 5.56 Å². The fourth-order valence-corrected chi connectivity index (χ4v) is 1.25. The number of hydrogen-bond donors (Lipinski definition) is 1. The van der Waals surface area contributed by atoms with Crippen molar-refractivity contribution in [2.75, 3.05) is 13.6 Å². The molecule has 1 heterocycles. The molecule has 0 saturated heterocycles. The van der Waals surface area contributed by atoms with Gasteiger partial charge in [0.2, 0.25) is 0 Å². The minimum absolute atomic E-state index is 0.694. The number of pyridine rings is 1. The van der Waals surface area contributed by atoms with E-state index in [-0.39, 0.29) is 0 Å². The zero-order valence-electron chi connectivity index (χ0n) is 8.83. The van der Waals surface area contributed by atoms with Crippen LogP contribution in [0.2, 0.25) is 0 Å². The summed E-state index contributed by atoms with van der Waals surface area (Å²) in [5.74, 6) is 0.694. The number of nitrogens with zero attached hydrogens (tertiary/aromatic N) is 2. The van der Waals surface area contributed by atoms with Crippen LogP contribution in [0, 0.1) is 5.41 Å². The van der Waals surface area contributed by atoms with Gasteiger partial charge in [0.15, 0.2) is 0 Å². The van der Waals surface area contributed by atoms with Crippen LogP contribution in [0.5, 0.6) is 0 Å². The first-order valence-corrected chi connectivity index (χ1v) is 4.91. The third kappa shape index (κ3) is 3.17. The molecule has 14 heavy (non-hydrogen) atoms. The number of hydrogen-bond acceptors (Lipinski definition) is 2. The van der Waals surface area contributed by atoms with E-state index in [2.05, 4.69) is 4.98 Å². The second-order valence-corrected chi connectivity index (χ2v) is 3.33. The van der Waals surface area contributed by atoms with Gasteiger partial charge in [-0.2, -0.15) is 0 Å². The van der Waals surface area contributed by atoms with Gasteiger partial charge in [-0.25, -0.2) is 0 Å². The molecule has 0 amide bonds. The molecule has 0 fully saturated rings. The number of aromatic nitrogens is 1. The topological polar surface area (TPSA) is 40.0 Å². The maximum atomic E-state index is 7.62. The van der Waals surface area contributed by atoms with Gasteiger partial charge in [0.1, 0.15) is 0 Å². The monoisotopic (exact) mass is 191 g/mol.